The van der Waals surface area contributed by atoms with Gasteiger partial charge in [-0.25, -0.2) is 0 Å². The Balaban J connectivity index is 2.56. The molecule has 0 aliphatic carbocycles. The van der Waals surface area contributed by atoms with Crippen LogP contribution in [0, 0.1) is 0 Å². The van der Waals surface area contributed by atoms with E-state index >= 15 is 0 Å². The highest BCUT2D eigenvalue weighted by Gasteiger charge is 2.11. The van der Waals surface area contributed by atoms with Crippen LogP contribution in [0.2, 0.25) is 0 Å². The first kappa shape index (κ1) is 15.4. The SMILES string of the molecule is CCCNc1ccnc(C(=O)NC(C)COCC)c1. The molecule has 0 spiro atoms. The summed E-state index contributed by atoms with van der Waals surface area (Å²) in [5.41, 5.74) is 1.34. The molecule has 1 unspecified atom stereocenters. The summed E-state index contributed by atoms with van der Waals surface area (Å²) < 4.78 is 5.26. The van der Waals surface area contributed by atoms with E-state index in [-0.39, 0.29) is 11.9 Å². The normalized spacial score (nSPS) is 11.9. The van der Waals surface area contributed by atoms with Crippen molar-refractivity contribution in [2.24, 2.45) is 0 Å². The van der Waals surface area contributed by atoms with Gasteiger partial charge < -0.3 is 15.4 Å². The molecule has 0 radical (unpaired) electrons. The number of hydrogen-bond donors (Lipinski definition) is 2. The molecule has 5 heteroatoms. The molecular weight excluding hydrogens is 242 g/mol. The number of amides is 1. The first-order valence-corrected chi connectivity index (χ1v) is 6.75. The van der Waals surface area contributed by atoms with E-state index in [0.29, 0.717) is 18.9 Å². The Hall–Kier alpha value is -1.62. The van der Waals surface area contributed by atoms with Crippen LogP contribution in [0.5, 0.6) is 0 Å². The van der Waals surface area contributed by atoms with Crippen LogP contribution in [0.15, 0.2) is 18.3 Å². The van der Waals surface area contributed by atoms with Crippen LogP contribution in [-0.4, -0.2) is 36.7 Å². The summed E-state index contributed by atoms with van der Waals surface area (Å²) in [6, 6.07) is 3.59. The van der Waals surface area contributed by atoms with Crippen LogP contribution >= 0.6 is 0 Å². The smallest absolute Gasteiger partial charge is 0.270 e. The number of anilines is 1. The summed E-state index contributed by atoms with van der Waals surface area (Å²) in [7, 11) is 0. The highest BCUT2D eigenvalue weighted by atomic mass is 16.5. The van der Waals surface area contributed by atoms with Gasteiger partial charge in [-0.3, -0.25) is 9.78 Å². The number of pyridine rings is 1. The number of rotatable bonds is 8. The van der Waals surface area contributed by atoms with Gasteiger partial charge in [-0.15, -0.1) is 0 Å². The lowest BCUT2D eigenvalue weighted by Crippen LogP contribution is -2.36. The lowest BCUT2D eigenvalue weighted by Gasteiger charge is -2.13. The number of carbonyl (C=O) groups is 1. The van der Waals surface area contributed by atoms with Crippen molar-refractivity contribution in [2.75, 3.05) is 25.1 Å². The molecule has 0 saturated carbocycles. The van der Waals surface area contributed by atoms with E-state index in [4.69, 9.17) is 4.74 Å². The van der Waals surface area contributed by atoms with Crippen LogP contribution in [0.1, 0.15) is 37.7 Å². The molecule has 0 aromatic carbocycles. The first-order chi connectivity index (χ1) is 9.17. The van der Waals surface area contributed by atoms with Crippen molar-refractivity contribution in [1.29, 1.82) is 0 Å². The van der Waals surface area contributed by atoms with E-state index < -0.39 is 0 Å². The minimum absolute atomic E-state index is 0.0264. The Morgan fingerprint density at radius 3 is 2.95 bits per heavy atom. The predicted octanol–water partition coefficient (Wildman–Crippen LogP) is 2.06. The molecular formula is C14H23N3O2. The molecule has 1 aromatic rings. The van der Waals surface area contributed by atoms with Crippen molar-refractivity contribution in [2.45, 2.75) is 33.2 Å². The molecule has 0 aliphatic heterocycles. The molecule has 2 N–H and O–H groups in total. The highest BCUT2D eigenvalue weighted by molar-refractivity contribution is 5.93. The number of carbonyl (C=O) groups excluding carboxylic acids is 1. The minimum Gasteiger partial charge on any atom is -0.385 e. The standard InChI is InChI=1S/C14H23N3O2/c1-4-7-15-12-6-8-16-13(9-12)14(18)17-11(3)10-19-5-2/h6,8-9,11H,4-5,7,10H2,1-3H3,(H,15,16)(H,17,18). The van der Waals surface area contributed by atoms with Crippen molar-refractivity contribution in [3.8, 4) is 0 Å². The summed E-state index contributed by atoms with van der Waals surface area (Å²) in [6.07, 6.45) is 2.68. The Morgan fingerprint density at radius 1 is 1.47 bits per heavy atom. The highest BCUT2D eigenvalue weighted by Crippen LogP contribution is 2.08. The zero-order valence-electron chi connectivity index (χ0n) is 11.9. The van der Waals surface area contributed by atoms with Gasteiger partial charge in [0.15, 0.2) is 0 Å². The molecule has 1 amide bonds. The van der Waals surface area contributed by atoms with Crippen molar-refractivity contribution < 1.29 is 9.53 Å². The van der Waals surface area contributed by atoms with E-state index in [9.17, 15) is 4.79 Å². The minimum atomic E-state index is -0.174. The Kier molecular flexibility index (Phi) is 6.89. The average molecular weight is 265 g/mol. The largest absolute Gasteiger partial charge is 0.385 e. The molecule has 1 aromatic heterocycles. The molecule has 1 rings (SSSR count). The van der Waals surface area contributed by atoms with Gasteiger partial charge in [-0.1, -0.05) is 6.92 Å². The Bertz CT molecular complexity index is 396. The molecule has 1 heterocycles. The summed E-state index contributed by atoms with van der Waals surface area (Å²) in [6.45, 7) is 7.97. The van der Waals surface area contributed by atoms with Crippen molar-refractivity contribution in [1.82, 2.24) is 10.3 Å². The summed E-state index contributed by atoms with van der Waals surface area (Å²) in [4.78, 5) is 16.1. The molecule has 5 nitrogen and oxygen atoms in total. The van der Waals surface area contributed by atoms with E-state index in [0.717, 1.165) is 18.7 Å². The number of nitrogens with one attached hydrogen (secondary N) is 2. The van der Waals surface area contributed by atoms with Crippen LogP contribution in [0.25, 0.3) is 0 Å². The fourth-order valence-corrected chi connectivity index (χ4v) is 1.57. The van der Waals surface area contributed by atoms with Gasteiger partial charge in [0.05, 0.1) is 6.61 Å². The van der Waals surface area contributed by atoms with Crippen molar-refractivity contribution >= 4 is 11.6 Å². The van der Waals surface area contributed by atoms with E-state index in [1.807, 2.05) is 19.9 Å². The number of aromatic nitrogens is 1. The third-order valence-corrected chi connectivity index (χ3v) is 2.52. The monoisotopic (exact) mass is 265 g/mol. The maximum Gasteiger partial charge on any atom is 0.270 e. The molecule has 0 aliphatic rings. The lowest BCUT2D eigenvalue weighted by molar-refractivity contribution is 0.0867. The van der Waals surface area contributed by atoms with Crippen molar-refractivity contribution in [3.63, 3.8) is 0 Å². The van der Waals surface area contributed by atoms with Gasteiger partial charge in [0.2, 0.25) is 0 Å². The summed E-state index contributed by atoms with van der Waals surface area (Å²) in [5.74, 6) is -0.174. The molecule has 0 saturated heterocycles. The van der Waals surface area contributed by atoms with Gasteiger partial charge >= 0.3 is 0 Å². The Labute approximate surface area is 114 Å². The molecule has 0 fully saturated rings. The number of nitrogens with zero attached hydrogens (tertiary/aromatic N) is 1. The van der Waals surface area contributed by atoms with Crippen LogP contribution in [0.3, 0.4) is 0 Å². The second-order valence-corrected chi connectivity index (χ2v) is 4.39. The maximum atomic E-state index is 12.0. The van der Waals surface area contributed by atoms with Gasteiger partial charge in [0.25, 0.3) is 5.91 Å². The van der Waals surface area contributed by atoms with Gasteiger partial charge in [0.1, 0.15) is 5.69 Å². The third kappa shape index (κ3) is 5.70. The van der Waals surface area contributed by atoms with E-state index in [2.05, 4.69) is 22.5 Å². The van der Waals surface area contributed by atoms with Crippen LogP contribution < -0.4 is 10.6 Å². The number of hydrogen-bond acceptors (Lipinski definition) is 4. The molecule has 0 bridgehead atoms. The summed E-state index contributed by atoms with van der Waals surface area (Å²) in [5, 5.41) is 6.09. The van der Waals surface area contributed by atoms with Crippen LogP contribution in [-0.2, 0) is 4.74 Å². The topological polar surface area (TPSA) is 63.2 Å². The second-order valence-electron chi connectivity index (χ2n) is 4.39. The first-order valence-electron chi connectivity index (χ1n) is 6.75. The summed E-state index contributed by atoms with van der Waals surface area (Å²) >= 11 is 0. The lowest BCUT2D eigenvalue weighted by atomic mass is 10.2. The van der Waals surface area contributed by atoms with Gasteiger partial charge in [-0.05, 0) is 32.4 Å². The van der Waals surface area contributed by atoms with E-state index in [1.54, 1.807) is 12.3 Å². The zero-order chi connectivity index (χ0) is 14.1. The zero-order valence-corrected chi connectivity index (χ0v) is 11.9. The number of ether oxygens (including phenoxy) is 1. The fourth-order valence-electron chi connectivity index (χ4n) is 1.57. The Morgan fingerprint density at radius 2 is 2.26 bits per heavy atom. The van der Waals surface area contributed by atoms with E-state index in [1.165, 1.54) is 0 Å². The fraction of sp³-hybridized carbons (Fsp3) is 0.571. The maximum absolute atomic E-state index is 12.0. The third-order valence-electron chi connectivity index (χ3n) is 2.52. The average Bonchev–Trinajstić information content (AvgIpc) is 2.43. The second kappa shape index (κ2) is 8.48. The predicted molar refractivity (Wildman–Crippen MR) is 76.4 cm³/mol. The molecule has 1 atom stereocenters. The molecule has 106 valence electrons. The van der Waals surface area contributed by atoms with Crippen molar-refractivity contribution in [3.05, 3.63) is 24.0 Å². The molecule has 19 heavy (non-hydrogen) atoms. The van der Waals surface area contributed by atoms with Gasteiger partial charge in [0, 0.05) is 31.1 Å². The van der Waals surface area contributed by atoms with Crippen LogP contribution in [0.4, 0.5) is 5.69 Å². The van der Waals surface area contributed by atoms with Gasteiger partial charge in [-0.2, -0.15) is 0 Å². The quantitative estimate of drug-likeness (QED) is 0.755.